The maximum absolute atomic E-state index is 6.19. The highest BCUT2D eigenvalue weighted by molar-refractivity contribution is 9.10. The number of aromatic nitrogens is 2. The molecule has 0 bridgehead atoms. The van der Waals surface area contributed by atoms with E-state index >= 15 is 0 Å². The summed E-state index contributed by atoms with van der Waals surface area (Å²) in [6, 6.07) is 0.106. The molecule has 0 radical (unpaired) electrons. The Morgan fingerprint density at radius 2 is 2.31 bits per heavy atom. The van der Waals surface area contributed by atoms with E-state index in [-0.39, 0.29) is 6.04 Å². The van der Waals surface area contributed by atoms with Gasteiger partial charge in [-0.1, -0.05) is 6.92 Å². The SMILES string of the molecule is Cn1ncc(Br)c1C(N)C1(C)CC1. The summed E-state index contributed by atoms with van der Waals surface area (Å²) in [4.78, 5) is 0. The van der Waals surface area contributed by atoms with Gasteiger partial charge in [-0.15, -0.1) is 0 Å². The number of halogens is 1. The molecule has 13 heavy (non-hydrogen) atoms. The molecule has 0 saturated heterocycles. The Kier molecular flexibility index (Phi) is 2.00. The fourth-order valence-electron chi connectivity index (χ4n) is 1.61. The van der Waals surface area contributed by atoms with Gasteiger partial charge in [-0.2, -0.15) is 5.10 Å². The minimum Gasteiger partial charge on any atom is -0.322 e. The highest BCUT2D eigenvalue weighted by atomic mass is 79.9. The van der Waals surface area contributed by atoms with Crippen LogP contribution in [-0.2, 0) is 7.05 Å². The number of nitrogens with two attached hydrogens (primary N) is 1. The van der Waals surface area contributed by atoms with Gasteiger partial charge < -0.3 is 5.73 Å². The molecule has 1 aliphatic rings. The van der Waals surface area contributed by atoms with Crippen LogP contribution >= 0.6 is 15.9 Å². The lowest BCUT2D eigenvalue weighted by molar-refractivity contribution is 0.424. The number of nitrogens with zero attached hydrogens (tertiary/aromatic N) is 2. The first kappa shape index (κ1) is 9.21. The second-order valence-corrected chi connectivity index (χ2v) is 4.99. The second kappa shape index (κ2) is 2.82. The van der Waals surface area contributed by atoms with Crippen molar-refractivity contribution in [2.75, 3.05) is 0 Å². The van der Waals surface area contributed by atoms with Crippen molar-refractivity contribution in [1.29, 1.82) is 0 Å². The van der Waals surface area contributed by atoms with Gasteiger partial charge in [0, 0.05) is 7.05 Å². The fraction of sp³-hybridized carbons (Fsp3) is 0.667. The summed E-state index contributed by atoms with van der Waals surface area (Å²) in [5, 5.41) is 4.17. The maximum Gasteiger partial charge on any atom is 0.0695 e. The second-order valence-electron chi connectivity index (χ2n) is 4.13. The van der Waals surface area contributed by atoms with E-state index in [9.17, 15) is 0 Å². The van der Waals surface area contributed by atoms with E-state index < -0.39 is 0 Å². The predicted molar refractivity (Wildman–Crippen MR) is 55.2 cm³/mol. The lowest BCUT2D eigenvalue weighted by Crippen LogP contribution is -2.23. The Bertz CT molecular complexity index is 308. The average molecular weight is 244 g/mol. The third kappa shape index (κ3) is 1.42. The quantitative estimate of drug-likeness (QED) is 0.864. The van der Waals surface area contributed by atoms with Gasteiger partial charge in [0.1, 0.15) is 0 Å². The molecule has 72 valence electrons. The molecular weight excluding hydrogens is 230 g/mol. The molecule has 1 aromatic rings. The average Bonchev–Trinajstić information content (AvgIpc) is 2.73. The molecule has 0 aromatic carbocycles. The highest BCUT2D eigenvalue weighted by Gasteiger charge is 2.45. The van der Waals surface area contributed by atoms with Crippen molar-refractivity contribution in [3.8, 4) is 0 Å². The Morgan fingerprint density at radius 3 is 2.69 bits per heavy atom. The van der Waals surface area contributed by atoms with Gasteiger partial charge in [-0.25, -0.2) is 0 Å². The Hall–Kier alpha value is -0.350. The zero-order valence-electron chi connectivity index (χ0n) is 7.92. The lowest BCUT2D eigenvalue weighted by atomic mass is 9.97. The van der Waals surface area contributed by atoms with Gasteiger partial charge >= 0.3 is 0 Å². The van der Waals surface area contributed by atoms with E-state index in [0.717, 1.165) is 10.2 Å². The number of rotatable bonds is 2. The Morgan fingerprint density at radius 1 is 1.69 bits per heavy atom. The third-order valence-corrected chi connectivity index (χ3v) is 3.63. The predicted octanol–water partition coefficient (Wildman–Crippen LogP) is 1.98. The first-order valence-corrected chi connectivity index (χ1v) is 5.27. The molecule has 3 nitrogen and oxygen atoms in total. The van der Waals surface area contributed by atoms with Gasteiger partial charge in [0.05, 0.1) is 22.4 Å². The van der Waals surface area contributed by atoms with Crippen LogP contribution < -0.4 is 5.73 Å². The summed E-state index contributed by atoms with van der Waals surface area (Å²) < 4.78 is 2.88. The van der Waals surface area contributed by atoms with E-state index in [1.54, 1.807) is 6.20 Å². The van der Waals surface area contributed by atoms with E-state index in [2.05, 4.69) is 28.0 Å². The van der Waals surface area contributed by atoms with Crippen LogP contribution in [0.3, 0.4) is 0 Å². The van der Waals surface area contributed by atoms with Crippen LogP contribution in [0.15, 0.2) is 10.7 Å². The minimum atomic E-state index is 0.106. The summed E-state index contributed by atoms with van der Waals surface area (Å²) in [6.07, 6.45) is 4.26. The van der Waals surface area contributed by atoms with Crippen LogP contribution in [0.4, 0.5) is 0 Å². The molecule has 1 heterocycles. The summed E-state index contributed by atoms with van der Waals surface area (Å²) >= 11 is 3.47. The number of hydrogen-bond donors (Lipinski definition) is 1. The van der Waals surface area contributed by atoms with Gasteiger partial charge in [-0.3, -0.25) is 4.68 Å². The van der Waals surface area contributed by atoms with Crippen LogP contribution in [0.5, 0.6) is 0 Å². The zero-order chi connectivity index (χ0) is 9.64. The largest absolute Gasteiger partial charge is 0.322 e. The summed E-state index contributed by atoms with van der Waals surface area (Å²) in [5.74, 6) is 0. The van der Waals surface area contributed by atoms with Crippen molar-refractivity contribution in [2.24, 2.45) is 18.2 Å². The molecule has 2 N–H and O–H groups in total. The van der Waals surface area contributed by atoms with Crippen molar-refractivity contribution in [2.45, 2.75) is 25.8 Å². The zero-order valence-corrected chi connectivity index (χ0v) is 9.50. The number of hydrogen-bond acceptors (Lipinski definition) is 2. The third-order valence-electron chi connectivity index (χ3n) is 3.02. The highest BCUT2D eigenvalue weighted by Crippen LogP contribution is 2.53. The molecule has 0 spiro atoms. The smallest absolute Gasteiger partial charge is 0.0695 e. The topological polar surface area (TPSA) is 43.8 Å². The van der Waals surface area contributed by atoms with Crippen molar-refractivity contribution in [3.63, 3.8) is 0 Å². The molecule has 1 aliphatic carbocycles. The molecule has 1 atom stereocenters. The lowest BCUT2D eigenvalue weighted by Gasteiger charge is -2.19. The number of aryl methyl sites for hydroxylation is 1. The van der Waals surface area contributed by atoms with Gasteiger partial charge in [-0.05, 0) is 34.2 Å². The molecule has 4 heteroatoms. The van der Waals surface area contributed by atoms with Crippen LogP contribution in [0.25, 0.3) is 0 Å². The molecule has 1 aromatic heterocycles. The first-order valence-electron chi connectivity index (χ1n) is 4.47. The fourth-order valence-corrected chi connectivity index (χ4v) is 2.20. The van der Waals surface area contributed by atoms with E-state index in [4.69, 9.17) is 5.73 Å². The van der Waals surface area contributed by atoms with Crippen molar-refractivity contribution in [3.05, 3.63) is 16.4 Å². The minimum absolute atomic E-state index is 0.106. The van der Waals surface area contributed by atoms with Crippen molar-refractivity contribution in [1.82, 2.24) is 9.78 Å². The van der Waals surface area contributed by atoms with Crippen LogP contribution in [0.1, 0.15) is 31.5 Å². The van der Waals surface area contributed by atoms with Gasteiger partial charge in [0.15, 0.2) is 0 Å². The summed E-state index contributed by atoms with van der Waals surface area (Å²) in [6.45, 7) is 2.23. The normalized spacial score (nSPS) is 21.5. The summed E-state index contributed by atoms with van der Waals surface area (Å²) in [7, 11) is 1.94. The Labute approximate surface area is 86.4 Å². The molecule has 2 rings (SSSR count). The Balaban J connectivity index is 2.34. The van der Waals surface area contributed by atoms with Gasteiger partial charge in [0.2, 0.25) is 0 Å². The monoisotopic (exact) mass is 243 g/mol. The maximum atomic E-state index is 6.19. The molecule has 1 fully saturated rings. The molecular formula is C9H14BrN3. The van der Waals surface area contributed by atoms with Crippen LogP contribution in [-0.4, -0.2) is 9.78 Å². The van der Waals surface area contributed by atoms with E-state index in [1.807, 2.05) is 11.7 Å². The van der Waals surface area contributed by atoms with Crippen molar-refractivity contribution >= 4 is 15.9 Å². The standard InChI is InChI=1S/C9H14BrN3/c1-9(3-4-9)8(11)7-6(10)5-12-13(7)2/h5,8H,3-4,11H2,1-2H3. The van der Waals surface area contributed by atoms with Crippen molar-refractivity contribution < 1.29 is 0 Å². The van der Waals surface area contributed by atoms with Crippen LogP contribution in [0.2, 0.25) is 0 Å². The molecule has 1 saturated carbocycles. The molecule has 1 unspecified atom stereocenters. The van der Waals surface area contributed by atoms with E-state index in [0.29, 0.717) is 5.41 Å². The van der Waals surface area contributed by atoms with Gasteiger partial charge in [0.25, 0.3) is 0 Å². The molecule has 0 aliphatic heterocycles. The summed E-state index contributed by atoms with van der Waals surface area (Å²) in [5.41, 5.74) is 7.60. The van der Waals surface area contributed by atoms with E-state index in [1.165, 1.54) is 12.8 Å². The first-order chi connectivity index (χ1) is 6.04. The molecule has 0 amide bonds. The van der Waals surface area contributed by atoms with Crippen LogP contribution in [0, 0.1) is 5.41 Å².